The van der Waals surface area contributed by atoms with Gasteiger partial charge in [-0.25, -0.2) is 4.79 Å². The molecule has 0 unspecified atom stereocenters. The maximum Gasteiger partial charge on any atom is 0.337 e. The standard InChI is InChI=1S/C14H15NO2/c1-14(2,3)11-5-4-9-6-10(13(16)17)8-15-12(9)7-11/h4-8H,1-3H3,(H,16,17). The van der Waals surface area contributed by atoms with Gasteiger partial charge in [-0.15, -0.1) is 0 Å². The molecule has 0 saturated heterocycles. The molecule has 0 aliphatic heterocycles. The number of fused-ring (bicyclic) bond motifs is 1. The molecule has 0 amide bonds. The summed E-state index contributed by atoms with van der Waals surface area (Å²) in [5, 5.41) is 9.75. The molecule has 0 saturated carbocycles. The Hall–Kier alpha value is -1.90. The number of nitrogens with zero attached hydrogens (tertiary/aromatic N) is 1. The number of aromatic nitrogens is 1. The molecule has 0 atom stereocenters. The molecule has 17 heavy (non-hydrogen) atoms. The first kappa shape index (κ1) is 11.6. The monoisotopic (exact) mass is 229 g/mol. The molecule has 1 aromatic carbocycles. The van der Waals surface area contributed by atoms with Gasteiger partial charge in [0.25, 0.3) is 0 Å². The van der Waals surface area contributed by atoms with Crippen LogP contribution in [0, 0.1) is 0 Å². The minimum atomic E-state index is -0.945. The van der Waals surface area contributed by atoms with Gasteiger partial charge in [0.05, 0.1) is 11.1 Å². The zero-order valence-corrected chi connectivity index (χ0v) is 10.2. The van der Waals surface area contributed by atoms with Crippen molar-refractivity contribution in [1.82, 2.24) is 4.98 Å². The lowest BCUT2D eigenvalue weighted by Crippen LogP contribution is -2.10. The highest BCUT2D eigenvalue weighted by Gasteiger charge is 2.14. The van der Waals surface area contributed by atoms with Crippen LogP contribution in [-0.4, -0.2) is 16.1 Å². The summed E-state index contributed by atoms with van der Waals surface area (Å²) in [5.74, 6) is -0.945. The Balaban J connectivity index is 2.58. The molecule has 88 valence electrons. The van der Waals surface area contributed by atoms with E-state index in [1.807, 2.05) is 18.2 Å². The second-order valence-corrected chi connectivity index (χ2v) is 5.19. The fourth-order valence-electron chi connectivity index (χ4n) is 1.70. The number of carboxylic acid groups (broad SMARTS) is 1. The van der Waals surface area contributed by atoms with Gasteiger partial charge in [-0.05, 0) is 23.1 Å². The third-order valence-corrected chi connectivity index (χ3v) is 2.80. The molecule has 0 radical (unpaired) electrons. The normalized spacial score (nSPS) is 11.7. The van der Waals surface area contributed by atoms with Crippen molar-refractivity contribution in [3.05, 3.63) is 41.6 Å². The van der Waals surface area contributed by atoms with Gasteiger partial charge in [0.1, 0.15) is 0 Å². The number of aromatic carboxylic acids is 1. The molecule has 0 aliphatic carbocycles. The van der Waals surface area contributed by atoms with E-state index >= 15 is 0 Å². The Morgan fingerprint density at radius 2 is 1.94 bits per heavy atom. The summed E-state index contributed by atoms with van der Waals surface area (Å²) in [6.45, 7) is 6.42. The van der Waals surface area contributed by atoms with Gasteiger partial charge in [0.2, 0.25) is 0 Å². The summed E-state index contributed by atoms with van der Waals surface area (Å²) < 4.78 is 0. The van der Waals surface area contributed by atoms with Crippen molar-refractivity contribution in [2.24, 2.45) is 0 Å². The van der Waals surface area contributed by atoms with E-state index < -0.39 is 5.97 Å². The summed E-state index contributed by atoms with van der Waals surface area (Å²) >= 11 is 0. The van der Waals surface area contributed by atoms with Crippen LogP contribution >= 0.6 is 0 Å². The van der Waals surface area contributed by atoms with Crippen LogP contribution in [0.15, 0.2) is 30.5 Å². The fourth-order valence-corrected chi connectivity index (χ4v) is 1.70. The average Bonchev–Trinajstić information content (AvgIpc) is 2.26. The van der Waals surface area contributed by atoms with Gasteiger partial charge < -0.3 is 5.11 Å². The maximum absolute atomic E-state index is 10.8. The average molecular weight is 229 g/mol. The third-order valence-electron chi connectivity index (χ3n) is 2.80. The second kappa shape index (κ2) is 3.84. The summed E-state index contributed by atoms with van der Waals surface area (Å²) in [6.07, 6.45) is 1.40. The number of pyridine rings is 1. The smallest absolute Gasteiger partial charge is 0.337 e. The molecule has 0 aliphatic rings. The number of carbonyl (C=O) groups is 1. The Labute approximate surface area is 100 Å². The van der Waals surface area contributed by atoms with Gasteiger partial charge in [-0.3, -0.25) is 4.98 Å². The molecule has 0 spiro atoms. The molecule has 0 fully saturated rings. The SMILES string of the molecule is CC(C)(C)c1ccc2cc(C(=O)O)cnc2c1. The molecule has 3 heteroatoms. The minimum Gasteiger partial charge on any atom is -0.478 e. The van der Waals surface area contributed by atoms with E-state index in [1.54, 1.807) is 6.07 Å². The van der Waals surface area contributed by atoms with Crippen LogP contribution in [-0.2, 0) is 5.41 Å². The first-order valence-corrected chi connectivity index (χ1v) is 5.51. The van der Waals surface area contributed by atoms with Gasteiger partial charge in [-0.1, -0.05) is 32.9 Å². The van der Waals surface area contributed by atoms with E-state index in [2.05, 4.69) is 25.8 Å². The quantitative estimate of drug-likeness (QED) is 0.816. The summed E-state index contributed by atoms with van der Waals surface area (Å²) in [7, 11) is 0. The number of carboxylic acids is 1. The predicted octanol–water partition coefficient (Wildman–Crippen LogP) is 3.23. The van der Waals surface area contributed by atoms with Crippen LogP contribution < -0.4 is 0 Å². The van der Waals surface area contributed by atoms with Crippen LogP contribution in [0.1, 0.15) is 36.7 Å². The van der Waals surface area contributed by atoms with Crippen LogP contribution in [0.5, 0.6) is 0 Å². The molecule has 3 nitrogen and oxygen atoms in total. The zero-order valence-electron chi connectivity index (χ0n) is 10.2. The van der Waals surface area contributed by atoms with Crippen molar-refractivity contribution < 1.29 is 9.90 Å². The Morgan fingerprint density at radius 3 is 2.53 bits per heavy atom. The molecule has 1 N–H and O–H groups in total. The van der Waals surface area contributed by atoms with Crippen LogP contribution in [0.25, 0.3) is 10.9 Å². The van der Waals surface area contributed by atoms with Gasteiger partial charge >= 0.3 is 5.97 Å². The lowest BCUT2D eigenvalue weighted by atomic mass is 9.86. The van der Waals surface area contributed by atoms with Gasteiger partial charge in [0.15, 0.2) is 0 Å². The Kier molecular flexibility index (Phi) is 2.62. The molecular weight excluding hydrogens is 214 g/mol. The Bertz CT molecular complexity index is 582. The largest absolute Gasteiger partial charge is 0.478 e. The van der Waals surface area contributed by atoms with Crippen molar-refractivity contribution in [2.75, 3.05) is 0 Å². The number of rotatable bonds is 1. The van der Waals surface area contributed by atoms with Crippen molar-refractivity contribution >= 4 is 16.9 Å². The molecule has 1 heterocycles. The van der Waals surface area contributed by atoms with Gasteiger partial charge in [0, 0.05) is 11.6 Å². The minimum absolute atomic E-state index is 0.0708. The van der Waals surface area contributed by atoms with E-state index in [0.29, 0.717) is 0 Å². The number of benzene rings is 1. The van der Waals surface area contributed by atoms with Crippen LogP contribution in [0.2, 0.25) is 0 Å². The summed E-state index contributed by atoms with van der Waals surface area (Å²) in [6, 6.07) is 7.61. The van der Waals surface area contributed by atoms with E-state index in [4.69, 9.17) is 5.11 Å². The highest BCUT2D eigenvalue weighted by Crippen LogP contribution is 2.25. The van der Waals surface area contributed by atoms with Crippen LogP contribution in [0.4, 0.5) is 0 Å². The topological polar surface area (TPSA) is 50.2 Å². The van der Waals surface area contributed by atoms with E-state index in [9.17, 15) is 4.79 Å². The number of hydrogen-bond donors (Lipinski definition) is 1. The lowest BCUT2D eigenvalue weighted by molar-refractivity contribution is 0.0696. The molecule has 2 aromatic rings. The van der Waals surface area contributed by atoms with Gasteiger partial charge in [-0.2, -0.15) is 0 Å². The van der Waals surface area contributed by atoms with Crippen molar-refractivity contribution in [3.63, 3.8) is 0 Å². The van der Waals surface area contributed by atoms with Crippen molar-refractivity contribution in [2.45, 2.75) is 26.2 Å². The molecule has 1 aromatic heterocycles. The Morgan fingerprint density at radius 1 is 1.24 bits per heavy atom. The van der Waals surface area contributed by atoms with E-state index in [-0.39, 0.29) is 11.0 Å². The van der Waals surface area contributed by atoms with E-state index in [1.165, 1.54) is 11.8 Å². The predicted molar refractivity (Wildman–Crippen MR) is 67.4 cm³/mol. The van der Waals surface area contributed by atoms with Crippen molar-refractivity contribution in [3.8, 4) is 0 Å². The first-order valence-electron chi connectivity index (χ1n) is 5.51. The first-order chi connectivity index (χ1) is 7.88. The molecular formula is C14H15NO2. The highest BCUT2D eigenvalue weighted by molar-refractivity contribution is 5.92. The number of hydrogen-bond acceptors (Lipinski definition) is 2. The fraction of sp³-hybridized carbons (Fsp3) is 0.286. The lowest BCUT2D eigenvalue weighted by Gasteiger charge is -2.19. The highest BCUT2D eigenvalue weighted by atomic mass is 16.4. The molecule has 0 bridgehead atoms. The van der Waals surface area contributed by atoms with E-state index in [0.717, 1.165) is 10.9 Å². The second-order valence-electron chi connectivity index (χ2n) is 5.19. The third kappa shape index (κ3) is 2.28. The summed E-state index contributed by atoms with van der Waals surface area (Å²) in [5.41, 5.74) is 2.32. The zero-order chi connectivity index (χ0) is 12.6. The van der Waals surface area contributed by atoms with Crippen LogP contribution in [0.3, 0.4) is 0 Å². The summed E-state index contributed by atoms with van der Waals surface area (Å²) in [4.78, 5) is 15.0. The maximum atomic E-state index is 10.8. The molecule has 2 rings (SSSR count). The van der Waals surface area contributed by atoms with Crippen molar-refractivity contribution in [1.29, 1.82) is 0 Å².